The van der Waals surface area contributed by atoms with Crippen molar-refractivity contribution in [2.24, 2.45) is 5.92 Å². The fraction of sp³-hybridized carbons (Fsp3) is 0.692. The average Bonchev–Trinajstić information content (AvgIpc) is 2.45. The summed E-state index contributed by atoms with van der Waals surface area (Å²) in [7, 11) is -1.49. The highest BCUT2D eigenvalue weighted by Gasteiger charge is 2.43. The van der Waals surface area contributed by atoms with Gasteiger partial charge in [-0.15, -0.1) is 13.2 Å². The second kappa shape index (κ2) is 4.66. The Hall–Kier alpha value is -0.343. The van der Waals surface area contributed by atoms with Gasteiger partial charge in [0, 0.05) is 5.92 Å². The zero-order chi connectivity index (χ0) is 11.5. The lowest BCUT2D eigenvalue weighted by atomic mass is 9.88. The average molecular weight is 224 g/mol. The Morgan fingerprint density at radius 2 is 2.07 bits per heavy atom. The molecule has 2 heteroatoms. The van der Waals surface area contributed by atoms with Crippen molar-refractivity contribution >= 4 is 8.32 Å². The van der Waals surface area contributed by atoms with E-state index in [-0.39, 0.29) is 5.60 Å². The van der Waals surface area contributed by atoms with E-state index in [2.05, 4.69) is 38.9 Å². The van der Waals surface area contributed by atoms with E-state index in [4.69, 9.17) is 4.43 Å². The minimum atomic E-state index is -1.49. The standard InChI is InChI=1S/C13H24OSi/c1-6-10-13(14-15(3,4)5)11-8-9-12(13)7-2/h6-7,12H,1-2,8-11H2,3-5H3/t12-,13+/m1/s1. The van der Waals surface area contributed by atoms with Crippen molar-refractivity contribution in [1.82, 2.24) is 0 Å². The van der Waals surface area contributed by atoms with E-state index in [9.17, 15) is 0 Å². The van der Waals surface area contributed by atoms with Crippen LogP contribution < -0.4 is 0 Å². The van der Waals surface area contributed by atoms with Crippen LogP contribution in [0.15, 0.2) is 25.3 Å². The van der Waals surface area contributed by atoms with Gasteiger partial charge >= 0.3 is 0 Å². The van der Waals surface area contributed by atoms with Crippen LogP contribution in [0.1, 0.15) is 25.7 Å². The highest BCUT2D eigenvalue weighted by molar-refractivity contribution is 6.69. The quantitative estimate of drug-likeness (QED) is 0.504. The van der Waals surface area contributed by atoms with Crippen LogP contribution in [-0.2, 0) is 4.43 Å². The third kappa shape index (κ3) is 3.05. The Kier molecular flexibility index (Phi) is 3.96. The zero-order valence-corrected chi connectivity index (χ0v) is 11.4. The van der Waals surface area contributed by atoms with Crippen LogP contribution in [0, 0.1) is 5.92 Å². The van der Waals surface area contributed by atoms with Crippen LogP contribution in [0.4, 0.5) is 0 Å². The number of rotatable bonds is 5. The monoisotopic (exact) mass is 224 g/mol. The molecular formula is C13H24OSi. The first kappa shape index (κ1) is 12.7. The SMILES string of the molecule is C=CC[C@]1(O[Si](C)(C)C)CCC[C@H]1C=C. The van der Waals surface area contributed by atoms with Crippen molar-refractivity contribution in [3.8, 4) is 0 Å². The van der Waals surface area contributed by atoms with E-state index in [0.717, 1.165) is 6.42 Å². The van der Waals surface area contributed by atoms with E-state index in [0.29, 0.717) is 5.92 Å². The van der Waals surface area contributed by atoms with Gasteiger partial charge in [0.15, 0.2) is 8.32 Å². The molecule has 0 heterocycles. The summed E-state index contributed by atoms with van der Waals surface area (Å²) < 4.78 is 6.43. The zero-order valence-electron chi connectivity index (χ0n) is 10.4. The summed E-state index contributed by atoms with van der Waals surface area (Å²) in [5, 5.41) is 0. The fourth-order valence-corrected chi connectivity index (χ4v) is 4.23. The van der Waals surface area contributed by atoms with Crippen molar-refractivity contribution in [3.05, 3.63) is 25.3 Å². The van der Waals surface area contributed by atoms with E-state index in [1.165, 1.54) is 19.3 Å². The molecular weight excluding hydrogens is 200 g/mol. The summed E-state index contributed by atoms with van der Waals surface area (Å²) in [6, 6.07) is 0. The molecule has 0 N–H and O–H groups in total. The Morgan fingerprint density at radius 3 is 2.53 bits per heavy atom. The maximum absolute atomic E-state index is 6.43. The second-order valence-corrected chi connectivity index (χ2v) is 9.94. The summed E-state index contributed by atoms with van der Waals surface area (Å²) >= 11 is 0. The van der Waals surface area contributed by atoms with E-state index in [1.54, 1.807) is 0 Å². The first-order chi connectivity index (χ1) is 6.93. The Morgan fingerprint density at radius 1 is 1.40 bits per heavy atom. The molecule has 1 rings (SSSR count). The van der Waals surface area contributed by atoms with Crippen LogP contribution in [0.3, 0.4) is 0 Å². The largest absolute Gasteiger partial charge is 0.411 e. The van der Waals surface area contributed by atoms with Gasteiger partial charge in [0.1, 0.15) is 0 Å². The van der Waals surface area contributed by atoms with Crippen LogP contribution in [0.5, 0.6) is 0 Å². The van der Waals surface area contributed by atoms with Crippen molar-refractivity contribution in [2.45, 2.75) is 50.9 Å². The normalized spacial score (nSPS) is 31.5. The predicted molar refractivity (Wildman–Crippen MR) is 69.5 cm³/mol. The summed E-state index contributed by atoms with van der Waals surface area (Å²) in [5.74, 6) is 0.516. The molecule has 0 bridgehead atoms. The first-order valence-corrected chi connectivity index (χ1v) is 9.28. The van der Waals surface area contributed by atoms with Crippen LogP contribution in [0.25, 0.3) is 0 Å². The summed E-state index contributed by atoms with van der Waals surface area (Å²) in [4.78, 5) is 0. The van der Waals surface area contributed by atoms with Gasteiger partial charge in [-0.3, -0.25) is 0 Å². The molecule has 15 heavy (non-hydrogen) atoms. The van der Waals surface area contributed by atoms with E-state index in [1.807, 2.05) is 6.08 Å². The lowest BCUT2D eigenvalue weighted by Crippen LogP contribution is -2.44. The molecule has 1 nitrogen and oxygen atoms in total. The van der Waals surface area contributed by atoms with Crippen molar-refractivity contribution < 1.29 is 4.43 Å². The van der Waals surface area contributed by atoms with Gasteiger partial charge in [-0.2, -0.15) is 0 Å². The molecule has 1 saturated carbocycles. The third-order valence-corrected chi connectivity index (χ3v) is 4.09. The van der Waals surface area contributed by atoms with Gasteiger partial charge in [-0.1, -0.05) is 12.2 Å². The van der Waals surface area contributed by atoms with Crippen LogP contribution in [-0.4, -0.2) is 13.9 Å². The molecule has 1 fully saturated rings. The highest BCUT2D eigenvalue weighted by Crippen LogP contribution is 2.43. The fourth-order valence-electron chi connectivity index (χ4n) is 2.68. The first-order valence-electron chi connectivity index (χ1n) is 5.87. The van der Waals surface area contributed by atoms with Gasteiger partial charge < -0.3 is 4.43 Å². The maximum atomic E-state index is 6.43. The van der Waals surface area contributed by atoms with Gasteiger partial charge in [-0.05, 0) is 45.3 Å². The van der Waals surface area contributed by atoms with Crippen molar-refractivity contribution in [1.29, 1.82) is 0 Å². The molecule has 0 aromatic rings. The van der Waals surface area contributed by atoms with Crippen LogP contribution in [0.2, 0.25) is 19.6 Å². The predicted octanol–water partition coefficient (Wildman–Crippen LogP) is 4.14. The van der Waals surface area contributed by atoms with E-state index < -0.39 is 8.32 Å². The Bertz CT molecular complexity index is 241. The smallest absolute Gasteiger partial charge is 0.184 e. The number of hydrogen-bond donors (Lipinski definition) is 0. The van der Waals surface area contributed by atoms with Crippen molar-refractivity contribution in [2.75, 3.05) is 0 Å². The van der Waals surface area contributed by atoms with Gasteiger partial charge in [-0.25, -0.2) is 0 Å². The molecule has 1 aliphatic rings. The lowest BCUT2D eigenvalue weighted by molar-refractivity contribution is 0.0422. The minimum Gasteiger partial charge on any atom is -0.411 e. The second-order valence-electron chi connectivity index (χ2n) is 5.51. The molecule has 0 spiro atoms. The molecule has 0 amide bonds. The van der Waals surface area contributed by atoms with Crippen LogP contribution >= 0.6 is 0 Å². The lowest BCUT2D eigenvalue weighted by Gasteiger charge is -2.39. The van der Waals surface area contributed by atoms with E-state index >= 15 is 0 Å². The third-order valence-electron chi connectivity index (χ3n) is 3.07. The maximum Gasteiger partial charge on any atom is 0.184 e. The summed E-state index contributed by atoms with van der Waals surface area (Å²) in [6.07, 6.45) is 8.70. The van der Waals surface area contributed by atoms with Gasteiger partial charge in [0.05, 0.1) is 5.60 Å². The minimum absolute atomic E-state index is 0.0218. The molecule has 0 unspecified atom stereocenters. The molecule has 0 saturated heterocycles. The molecule has 86 valence electrons. The highest BCUT2D eigenvalue weighted by atomic mass is 28.4. The van der Waals surface area contributed by atoms with Gasteiger partial charge in [0.2, 0.25) is 0 Å². The summed E-state index contributed by atoms with van der Waals surface area (Å²) in [6.45, 7) is 14.6. The molecule has 2 atom stereocenters. The topological polar surface area (TPSA) is 9.23 Å². The summed E-state index contributed by atoms with van der Waals surface area (Å²) in [5.41, 5.74) is 0.0218. The Labute approximate surface area is 95.4 Å². The van der Waals surface area contributed by atoms with Gasteiger partial charge in [0.25, 0.3) is 0 Å². The van der Waals surface area contributed by atoms with Crippen molar-refractivity contribution in [3.63, 3.8) is 0 Å². The molecule has 0 aliphatic heterocycles. The molecule has 0 aromatic heterocycles. The number of hydrogen-bond acceptors (Lipinski definition) is 1. The molecule has 0 aromatic carbocycles. The molecule has 0 radical (unpaired) electrons. The molecule has 1 aliphatic carbocycles. The Balaban J connectivity index is 2.86.